The third-order valence-electron chi connectivity index (χ3n) is 6.14. The average Bonchev–Trinajstić information content (AvgIpc) is 2.82. The van der Waals surface area contributed by atoms with Gasteiger partial charge in [0.15, 0.2) is 0 Å². The lowest BCUT2D eigenvalue weighted by Crippen LogP contribution is -2.43. The molecule has 172 valence electrons. The van der Waals surface area contributed by atoms with Gasteiger partial charge in [0, 0.05) is 25.7 Å². The number of carbonyl (C=O) groups excluding carboxylic acids is 1. The maximum Gasteiger partial charge on any atom is 0.269 e. The molecule has 4 heterocycles. The zero-order chi connectivity index (χ0) is 22.8. The van der Waals surface area contributed by atoms with Gasteiger partial charge in [-0.3, -0.25) is 9.59 Å². The predicted octanol–water partition coefficient (Wildman–Crippen LogP) is 2.23. The molecular formula is C23H25FN6O2S. The number of anilines is 1. The van der Waals surface area contributed by atoms with Crippen LogP contribution in [0.25, 0.3) is 11.0 Å². The number of halogens is 1. The lowest BCUT2D eigenvalue weighted by atomic mass is 10.0. The van der Waals surface area contributed by atoms with Crippen molar-refractivity contribution < 1.29 is 9.18 Å². The van der Waals surface area contributed by atoms with Crippen molar-refractivity contribution in [1.82, 2.24) is 24.8 Å². The number of amides is 1. The quantitative estimate of drug-likeness (QED) is 0.573. The highest BCUT2D eigenvalue weighted by atomic mass is 32.2. The van der Waals surface area contributed by atoms with Crippen LogP contribution in [0.2, 0.25) is 0 Å². The molecule has 3 aromatic rings. The molecule has 2 aromatic heterocycles. The number of benzene rings is 1. The van der Waals surface area contributed by atoms with Crippen LogP contribution in [-0.2, 0) is 17.9 Å². The van der Waals surface area contributed by atoms with Crippen molar-refractivity contribution in [2.24, 2.45) is 0 Å². The van der Waals surface area contributed by atoms with E-state index in [0.717, 1.165) is 43.1 Å². The fourth-order valence-electron chi connectivity index (χ4n) is 4.32. The summed E-state index contributed by atoms with van der Waals surface area (Å²) >= 11 is 1.51. The number of rotatable bonds is 6. The standard InChI is InChI=1S/C23H25FN6O2S/c24-15-1-3-18-19(11-15)30(22(32)13-26-18)10-9-29-7-5-16(6-8-29)25-12-17-2-4-20-23(27-17)28-21(31)14-33-20/h1-4,11,13,16,25H,5-10,12,14H2,(H,27,28,31). The zero-order valence-electron chi connectivity index (χ0n) is 18.1. The number of likely N-dealkylation sites (tertiary alicyclic amines) is 1. The first kappa shape index (κ1) is 22.0. The van der Waals surface area contributed by atoms with Gasteiger partial charge in [-0.15, -0.1) is 11.8 Å². The van der Waals surface area contributed by atoms with Gasteiger partial charge < -0.3 is 20.1 Å². The van der Waals surface area contributed by atoms with E-state index in [0.29, 0.717) is 41.7 Å². The maximum atomic E-state index is 13.7. The molecule has 1 fully saturated rings. The summed E-state index contributed by atoms with van der Waals surface area (Å²) in [5, 5.41) is 6.41. The Labute approximate surface area is 194 Å². The number of hydrogen-bond donors (Lipinski definition) is 2. The molecule has 0 unspecified atom stereocenters. The van der Waals surface area contributed by atoms with Crippen molar-refractivity contribution in [2.75, 3.05) is 30.7 Å². The second kappa shape index (κ2) is 9.58. The van der Waals surface area contributed by atoms with Crippen molar-refractivity contribution in [3.05, 3.63) is 58.4 Å². The second-order valence-electron chi connectivity index (χ2n) is 8.36. The fourth-order valence-corrected chi connectivity index (χ4v) is 5.08. The number of carbonyl (C=O) groups is 1. The largest absolute Gasteiger partial charge is 0.309 e. The van der Waals surface area contributed by atoms with Gasteiger partial charge in [-0.2, -0.15) is 0 Å². The van der Waals surface area contributed by atoms with E-state index in [1.807, 2.05) is 12.1 Å². The highest BCUT2D eigenvalue weighted by Gasteiger charge is 2.20. The molecule has 0 bridgehead atoms. The Balaban J connectivity index is 1.13. The molecule has 0 aliphatic carbocycles. The monoisotopic (exact) mass is 468 g/mol. The van der Waals surface area contributed by atoms with Crippen LogP contribution in [0.1, 0.15) is 18.5 Å². The summed E-state index contributed by atoms with van der Waals surface area (Å²) in [5.74, 6) is 0.715. The highest BCUT2D eigenvalue weighted by Crippen LogP contribution is 2.29. The summed E-state index contributed by atoms with van der Waals surface area (Å²) < 4.78 is 15.3. The lowest BCUT2D eigenvalue weighted by molar-refractivity contribution is -0.113. The topological polar surface area (TPSA) is 92.2 Å². The van der Waals surface area contributed by atoms with Gasteiger partial charge in [-0.1, -0.05) is 0 Å². The van der Waals surface area contributed by atoms with E-state index in [1.54, 1.807) is 10.6 Å². The molecule has 0 atom stereocenters. The van der Waals surface area contributed by atoms with Crippen molar-refractivity contribution >= 4 is 34.5 Å². The first-order valence-electron chi connectivity index (χ1n) is 11.1. The number of thioether (sulfide) groups is 1. The molecule has 1 amide bonds. The van der Waals surface area contributed by atoms with Gasteiger partial charge in [0.05, 0.1) is 33.6 Å². The van der Waals surface area contributed by atoms with Crippen molar-refractivity contribution in [3.8, 4) is 0 Å². The smallest absolute Gasteiger partial charge is 0.269 e. The summed E-state index contributed by atoms with van der Waals surface area (Å²) in [6, 6.07) is 8.74. The minimum Gasteiger partial charge on any atom is -0.309 e. The molecule has 33 heavy (non-hydrogen) atoms. The molecule has 10 heteroatoms. The Morgan fingerprint density at radius 3 is 2.85 bits per heavy atom. The molecule has 0 spiro atoms. The van der Waals surface area contributed by atoms with E-state index >= 15 is 0 Å². The summed E-state index contributed by atoms with van der Waals surface area (Å²) in [5.41, 5.74) is 1.85. The lowest BCUT2D eigenvalue weighted by Gasteiger charge is -2.32. The van der Waals surface area contributed by atoms with Crippen LogP contribution in [-0.4, -0.2) is 56.8 Å². The molecule has 2 N–H and O–H groups in total. The van der Waals surface area contributed by atoms with Crippen LogP contribution in [0, 0.1) is 5.82 Å². The molecule has 1 aromatic carbocycles. The minimum absolute atomic E-state index is 0.00959. The van der Waals surface area contributed by atoms with Crippen molar-refractivity contribution in [1.29, 1.82) is 0 Å². The van der Waals surface area contributed by atoms with Crippen LogP contribution in [0.3, 0.4) is 0 Å². The van der Waals surface area contributed by atoms with Crippen LogP contribution in [0.15, 0.2) is 46.2 Å². The molecule has 2 aliphatic heterocycles. The average molecular weight is 469 g/mol. The molecule has 2 aliphatic rings. The molecule has 1 saturated heterocycles. The number of hydrogen-bond acceptors (Lipinski definition) is 7. The first-order chi connectivity index (χ1) is 16.0. The molecule has 8 nitrogen and oxygen atoms in total. The van der Waals surface area contributed by atoms with Crippen LogP contribution in [0.4, 0.5) is 10.2 Å². The normalized spacial score (nSPS) is 17.2. The molecule has 5 rings (SSSR count). The third kappa shape index (κ3) is 5.07. The fraction of sp³-hybridized carbons (Fsp3) is 0.391. The van der Waals surface area contributed by atoms with E-state index in [9.17, 15) is 14.0 Å². The summed E-state index contributed by atoms with van der Waals surface area (Å²) in [6.45, 7) is 3.73. The molecule has 0 radical (unpaired) electrons. The Bertz CT molecular complexity index is 1240. The van der Waals surface area contributed by atoms with Gasteiger partial charge in [-0.05, 0) is 56.3 Å². The Morgan fingerprint density at radius 2 is 2.00 bits per heavy atom. The first-order valence-corrected chi connectivity index (χ1v) is 12.1. The highest BCUT2D eigenvalue weighted by molar-refractivity contribution is 8.00. The number of nitrogens with zero attached hydrogens (tertiary/aromatic N) is 4. The Kier molecular flexibility index (Phi) is 6.39. The van der Waals surface area contributed by atoms with Crippen LogP contribution >= 0.6 is 11.8 Å². The summed E-state index contributed by atoms with van der Waals surface area (Å²) in [7, 11) is 0. The minimum atomic E-state index is -0.370. The number of pyridine rings is 1. The number of nitrogens with one attached hydrogen (secondary N) is 2. The van der Waals surface area contributed by atoms with Gasteiger partial charge >= 0.3 is 0 Å². The summed E-state index contributed by atoms with van der Waals surface area (Å²) in [4.78, 5) is 35.9. The van der Waals surface area contributed by atoms with Gasteiger partial charge in [-0.25, -0.2) is 14.4 Å². The number of fused-ring (bicyclic) bond motifs is 2. The Morgan fingerprint density at radius 1 is 1.15 bits per heavy atom. The van der Waals surface area contributed by atoms with E-state index in [1.165, 1.54) is 30.1 Å². The number of aromatic nitrogens is 3. The third-order valence-corrected chi connectivity index (χ3v) is 7.19. The molecular weight excluding hydrogens is 443 g/mol. The van der Waals surface area contributed by atoms with E-state index in [-0.39, 0.29) is 17.3 Å². The predicted molar refractivity (Wildman–Crippen MR) is 126 cm³/mol. The van der Waals surface area contributed by atoms with E-state index < -0.39 is 0 Å². The van der Waals surface area contributed by atoms with Crippen LogP contribution < -0.4 is 16.2 Å². The van der Waals surface area contributed by atoms with E-state index in [4.69, 9.17) is 0 Å². The number of piperidine rings is 1. The maximum absolute atomic E-state index is 13.7. The van der Waals surface area contributed by atoms with Crippen molar-refractivity contribution in [3.63, 3.8) is 0 Å². The van der Waals surface area contributed by atoms with Gasteiger partial charge in [0.25, 0.3) is 5.56 Å². The summed E-state index contributed by atoms with van der Waals surface area (Å²) in [6.07, 6.45) is 3.30. The second-order valence-corrected chi connectivity index (χ2v) is 9.38. The Hall–Kier alpha value is -2.82. The zero-order valence-corrected chi connectivity index (χ0v) is 18.9. The molecule has 0 saturated carbocycles. The SMILES string of the molecule is O=C1CSc2ccc(CNC3CCN(CCn4c(=O)cnc5ccc(F)cc54)CC3)nc2N1. The van der Waals surface area contributed by atoms with E-state index in [2.05, 4.69) is 25.5 Å². The van der Waals surface area contributed by atoms with Crippen LogP contribution in [0.5, 0.6) is 0 Å². The van der Waals surface area contributed by atoms with Crippen molar-refractivity contribution in [2.45, 2.75) is 36.9 Å². The van der Waals surface area contributed by atoms with Gasteiger partial charge in [0.1, 0.15) is 11.6 Å². The van der Waals surface area contributed by atoms with Gasteiger partial charge in [0.2, 0.25) is 5.91 Å².